The van der Waals surface area contributed by atoms with Crippen molar-refractivity contribution in [3.8, 4) is 0 Å². The van der Waals surface area contributed by atoms with Crippen molar-refractivity contribution >= 4 is 39.7 Å². The highest BCUT2D eigenvalue weighted by Crippen LogP contribution is 2.23. The number of nitro benzene ring substituents is 1. The zero-order chi connectivity index (χ0) is 17.7. The molecule has 0 amide bonds. The number of benzene rings is 2. The number of rotatable bonds is 5. The standard InChI is InChI=1S/C16H11ClFNO4S/c17-16-11-14(19(20)21)9-8-13(16)6-2-1-4-12-5-3-7-15(10-12)24(18,22)23/h1-11H/b4-1+,6-2-. The molecular formula is C16H11ClFNO4S. The maximum absolute atomic E-state index is 12.9. The van der Waals surface area contributed by atoms with Gasteiger partial charge in [0.15, 0.2) is 0 Å². The van der Waals surface area contributed by atoms with Crippen molar-refractivity contribution in [2.24, 2.45) is 0 Å². The summed E-state index contributed by atoms with van der Waals surface area (Å²) in [5.41, 5.74) is 0.997. The second kappa shape index (κ2) is 7.37. The molecule has 0 aliphatic carbocycles. The van der Waals surface area contributed by atoms with Crippen LogP contribution in [-0.4, -0.2) is 13.3 Å². The zero-order valence-electron chi connectivity index (χ0n) is 12.1. The van der Waals surface area contributed by atoms with Gasteiger partial charge >= 0.3 is 10.2 Å². The van der Waals surface area contributed by atoms with Crippen LogP contribution in [0.1, 0.15) is 11.1 Å². The van der Waals surface area contributed by atoms with E-state index in [1.54, 1.807) is 30.4 Å². The predicted molar refractivity (Wildman–Crippen MR) is 90.9 cm³/mol. The van der Waals surface area contributed by atoms with Crippen LogP contribution in [-0.2, 0) is 10.2 Å². The Morgan fingerprint density at radius 1 is 1.08 bits per heavy atom. The Balaban J connectivity index is 2.14. The van der Waals surface area contributed by atoms with Gasteiger partial charge in [-0.25, -0.2) is 0 Å². The molecule has 0 N–H and O–H groups in total. The highest BCUT2D eigenvalue weighted by Gasteiger charge is 2.10. The Bertz CT molecular complexity index is 939. The number of hydrogen-bond acceptors (Lipinski definition) is 4. The molecule has 8 heteroatoms. The van der Waals surface area contributed by atoms with Crippen molar-refractivity contribution in [3.63, 3.8) is 0 Å². The predicted octanol–water partition coefficient (Wildman–Crippen LogP) is 4.63. The van der Waals surface area contributed by atoms with Crippen LogP contribution in [0.3, 0.4) is 0 Å². The van der Waals surface area contributed by atoms with Crippen LogP contribution in [0.4, 0.5) is 9.57 Å². The van der Waals surface area contributed by atoms with Gasteiger partial charge in [-0.3, -0.25) is 10.1 Å². The lowest BCUT2D eigenvalue weighted by Crippen LogP contribution is -1.91. The summed E-state index contributed by atoms with van der Waals surface area (Å²) in [6.45, 7) is 0. The monoisotopic (exact) mass is 367 g/mol. The van der Waals surface area contributed by atoms with Crippen LogP contribution in [0.25, 0.3) is 12.2 Å². The lowest BCUT2D eigenvalue weighted by molar-refractivity contribution is -0.384. The van der Waals surface area contributed by atoms with Crippen molar-refractivity contribution in [1.82, 2.24) is 0 Å². The number of non-ortho nitro benzene ring substituents is 1. The molecule has 24 heavy (non-hydrogen) atoms. The summed E-state index contributed by atoms with van der Waals surface area (Å²) >= 11 is 5.95. The van der Waals surface area contributed by atoms with Gasteiger partial charge in [-0.05, 0) is 29.3 Å². The van der Waals surface area contributed by atoms with E-state index < -0.39 is 20.0 Å². The quantitative estimate of drug-likeness (QED) is 0.334. The van der Waals surface area contributed by atoms with Gasteiger partial charge in [0.1, 0.15) is 0 Å². The Morgan fingerprint density at radius 2 is 1.79 bits per heavy atom. The van der Waals surface area contributed by atoms with E-state index in [9.17, 15) is 22.4 Å². The average molecular weight is 368 g/mol. The van der Waals surface area contributed by atoms with Gasteiger partial charge in [-0.1, -0.05) is 48.0 Å². The van der Waals surface area contributed by atoms with Gasteiger partial charge in [0.2, 0.25) is 0 Å². The lowest BCUT2D eigenvalue weighted by Gasteiger charge is -1.98. The first kappa shape index (κ1) is 17.8. The molecule has 0 saturated heterocycles. The summed E-state index contributed by atoms with van der Waals surface area (Å²) in [6, 6.07) is 9.53. The van der Waals surface area contributed by atoms with Gasteiger partial charge in [-0.15, -0.1) is 3.89 Å². The fraction of sp³-hybridized carbons (Fsp3) is 0. The van der Waals surface area contributed by atoms with E-state index in [2.05, 4.69) is 0 Å². The van der Waals surface area contributed by atoms with Crippen molar-refractivity contribution in [3.05, 3.63) is 80.9 Å². The number of allylic oxidation sites excluding steroid dienone is 2. The second-order valence-electron chi connectivity index (χ2n) is 4.69. The molecule has 5 nitrogen and oxygen atoms in total. The summed E-state index contributed by atoms with van der Waals surface area (Å²) in [5.74, 6) is 0. The Labute approximate surface area is 143 Å². The van der Waals surface area contributed by atoms with Crippen molar-refractivity contribution < 1.29 is 17.2 Å². The van der Waals surface area contributed by atoms with E-state index in [4.69, 9.17) is 11.6 Å². The first-order chi connectivity index (χ1) is 11.3. The van der Waals surface area contributed by atoms with Gasteiger partial charge in [0.25, 0.3) is 5.69 Å². The Hall–Kier alpha value is -2.51. The first-order valence-electron chi connectivity index (χ1n) is 6.61. The van der Waals surface area contributed by atoms with E-state index in [0.717, 1.165) is 0 Å². The molecule has 0 bridgehead atoms. The van der Waals surface area contributed by atoms with E-state index in [1.807, 2.05) is 0 Å². The molecule has 0 aromatic heterocycles. The van der Waals surface area contributed by atoms with Gasteiger partial charge < -0.3 is 0 Å². The number of nitrogens with zero attached hydrogens (tertiary/aromatic N) is 1. The van der Waals surface area contributed by atoms with Crippen LogP contribution in [0, 0.1) is 10.1 Å². The third-order valence-electron chi connectivity index (χ3n) is 3.01. The number of halogens is 2. The van der Waals surface area contributed by atoms with Crippen molar-refractivity contribution in [2.75, 3.05) is 0 Å². The van der Waals surface area contributed by atoms with E-state index in [1.165, 1.54) is 36.4 Å². The normalized spacial score (nSPS) is 12.1. The lowest BCUT2D eigenvalue weighted by atomic mass is 10.1. The molecule has 0 radical (unpaired) electrons. The van der Waals surface area contributed by atoms with Crippen LogP contribution in [0.15, 0.2) is 59.5 Å². The topological polar surface area (TPSA) is 77.3 Å². The molecule has 0 unspecified atom stereocenters. The summed E-state index contributed by atoms with van der Waals surface area (Å²) in [7, 11) is -4.74. The Morgan fingerprint density at radius 3 is 2.42 bits per heavy atom. The largest absolute Gasteiger partial charge is 0.332 e. The molecule has 2 aromatic rings. The summed E-state index contributed by atoms with van der Waals surface area (Å²) in [4.78, 5) is 9.68. The minimum absolute atomic E-state index is 0.100. The summed E-state index contributed by atoms with van der Waals surface area (Å²) in [6.07, 6.45) is 6.47. The van der Waals surface area contributed by atoms with E-state index >= 15 is 0 Å². The molecule has 0 fully saturated rings. The average Bonchev–Trinajstić information content (AvgIpc) is 2.52. The maximum atomic E-state index is 12.9. The number of nitro groups is 1. The number of hydrogen-bond donors (Lipinski definition) is 0. The fourth-order valence-corrected chi connectivity index (χ4v) is 2.62. The van der Waals surface area contributed by atoms with Crippen LogP contribution in [0.2, 0.25) is 5.02 Å². The summed E-state index contributed by atoms with van der Waals surface area (Å²) in [5, 5.41) is 10.9. The van der Waals surface area contributed by atoms with Crippen LogP contribution in [0.5, 0.6) is 0 Å². The minimum atomic E-state index is -4.74. The van der Waals surface area contributed by atoms with Gasteiger partial charge in [0, 0.05) is 12.1 Å². The first-order valence-corrected chi connectivity index (χ1v) is 8.37. The molecule has 2 aromatic carbocycles. The SMILES string of the molecule is O=[N+]([O-])c1ccc(/C=C\C=C\c2cccc(S(=O)(=O)F)c2)c(Cl)c1. The second-order valence-corrected chi connectivity index (χ2v) is 6.45. The molecule has 2 rings (SSSR count). The molecule has 0 atom stereocenters. The van der Waals surface area contributed by atoms with Crippen molar-refractivity contribution in [1.29, 1.82) is 0 Å². The molecule has 0 aliphatic rings. The van der Waals surface area contributed by atoms with Crippen LogP contribution >= 0.6 is 11.6 Å². The molecule has 124 valence electrons. The summed E-state index contributed by atoms with van der Waals surface area (Å²) < 4.78 is 34.6. The van der Waals surface area contributed by atoms with Crippen molar-refractivity contribution in [2.45, 2.75) is 4.90 Å². The third kappa shape index (κ3) is 4.74. The molecule has 0 heterocycles. The molecule has 0 aliphatic heterocycles. The fourth-order valence-electron chi connectivity index (χ4n) is 1.86. The van der Waals surface area contributed by atoms with E-state index in [-0.39, 0.29) is 10.7 Å². The van der Waals surface area contributed by atoms with E-state index in [0.29, 0.717) is 11.1 Å². The molecular weight excluding hydrogens is 357 g/mol. The highest BCUT2D eigenvalue weighted by atomic mass is 35.5. The third-order valence-corrected chi connectivity index (χ3v) is 4.15. The molecule has 0 saturated carbocycles. The van der Waals surface area contributed by atoms with Gasteiger partial charge in [0.05, 0.1) is 14.8 Å². The zero-order valence-corrected chi connectivity index (χ0v) is 13.7. The molecule has 0 spiro atoms. The minimum Gasteiger partial charge on any atom is -0.258 e. The van der Waals surface area contributed by atoms with Crippen LogP contribution < -0.4 is 0 Å². The smallest absolute Gasteiger partial charge is 0.258 e. The Kier molecular flexibility index (Phi) is 5.48. The highest BCUT2D eigenvalue weighted by molar-refractivity contribution is 7.86. The van der Waals surface area contributed by atoms with Gasteiger partial charge in [-0.2, -0.15) is 8.42 Å². The maximum Gasteiger partial charge on any atom is 0.332 e.